The van der Waals surface area contributed by atoms with Crippen LogP contribution in [0.25, 0.3) is 5.69 Å². The molecule has 3 unspecified atom stereocenters. The highest BCUT2D eigenvalue weighted by molar-refractivity contribution is 5.80. The summed E-state index contributed by atoms with van der Waals surface area (Å²) >= 11 is 0. The second kappa shape index (κ2) is 7.11. The second-order valence-electron chi connectivity index (χ2n) is 7.18. The molecule has 0 spiro atoms. The van der Waals surface area contributed by atoms with E-state index in [1.165, 1.54) is 12.0 Å². The molecule has 6 heteroatoms. The van der Waals surface area contributed by atoms with Crippen molar-refractivity contribution in [2.45, 2.75) is 57.9 Å². The summed E-state index contributed by atoms with van der Waals surface area (Å²) in [7, 11) is 1.82. The van der Waals surface area contributed by atoms with Gasteiger partial charge in [-0.2, -0.15) is 5.10 Å². The van der Waals surface area contributed by atoms with E-state index in [4.69, 9.17) is 9.84 Å². The van der Waals surface area contributed by atoms with Gasteiger partial charge in [0.2, 0.25) is 0 Å². The van der Waals surface area contributed by atoms with Crippen molar-refractivity contribution in [1.29, 1.82) is 0 Å². The first-order valence-corrected chi connectivity index (χ1v) is 9.39. The molecule has 2 bridgehead atoms. The van der Waals surface area contributed by atoms with Crippen LogP contribution < -0.4 is 10.6 Å². The minimum Gasteiger partial charge on any atom is -0.373 e. The van der Waals surface area contributed by atoms with Gasteiger partial charge in [-0.05, 0) is 45.2 Å². The van der Waals surface area contributed by atoms with Gasteiger partial charge in [0.25, 0.3) is 0 Å². The summed E-state index contributed by atoms with van der Waals surface area (Å²) in [6.45, 7) is 4.87. The Hall–Kier alpha value is -2.34. The molecule has 0 radical (unpaired) electrons. The number of aromatic nitrogens is 2. The van der Waals surface area contributed by atoms with Gasteiger partial charge < -0.3 is 15.4 Å². The Balaban J connectivity index is 1.43. The Morgan fingerprint density at radius 1 is 1.27 bits per heavy atom. The number of hydrogen-bond donors (Lipinski definition) is 2. The summed E-state index contributed by atoms with van der Waals surface area (Å²) in [5.74, 6) is 0.831. The van der Waals surface area contributed by atoms with Crippen molar-refractivity contribution in [3.63, 3.8) is 0 Å². The average molecular weight is 353 g/mol. The predicted molar refractivity (Wildman–Crippen MR) is 103 cm³/mol. The van der Waals surface area contributed by atoms with Crippen molar-refractivity contribution in [1.82, 2.24) is 20.4 Å². The molecule has 2 fully saturated rings. The maximum absolute atomic E-state index is 5.92. The van der Waals surface area contributed by atoms with Gasteiger partial charge in [0, 0.05) is 24.8 Å². The van der Waals surface area contributed by atoms with Gasteiger partial charge in [-0.3, -0.25) is 4.99 Å². The molecule has 1 aromatic heterocycles. The highest BCUT2D eigenvalue weighted by Crippen LogP contribution is 2.34. The van der Waals surface area contributed by atoms with E-state index in [-0.39, 0.29) is 0 Å². The van der Waals surface area contributed by atoms with Crippen LogP contribution in [0.15, 0.2) is 35.3 Å². The number of guanidine groups is 1. The summed E-state index contributed by atoms with van der Waals surface area (Å²) in [4.78, 5) is 4.39. The van der Waals surface area contributed by atoms with Crippen LogP contribution >= 0.6 is 0 Å². The lowest BCUT2D eigenvalue weighted by Gasteiger charge is -2.22. The first-order valence-electron chi connectivity index (χ1n) is 9.39. The maximum atomic E-state index is 5.92. The Morgan fingerprint density at radius 3 is 2.73 bits per heavy atom. The number of aliphatic imine (C=N–C) groups is 1. The van der Waals surface area contributed by atoms with Crippen molar-refractivity contribution in [2.75, 3.05) is 7.05 Å². The van der Waals surface area contributed by atoms with Crippen LogP contribution in [0, 0.1) is 13.8 Å². The van der Waals surface area contributed by atoms with E-state index in [1.54, 1.807) is 0 Å². The highest BCUT2D eigenvalue weighted by Gasteiger charge is 2.41. The molecular formula is C20H27N5O. The first-order chi connectivity index (χ1) is 12.7. The fourth-order valence-electron chi connectivity index (χ4n) is 4.08. The van der Waals surface area contributed by atoms with E-state index in [0.717, 1.165) is 35.9 Å². The molecule has 0 aliphatic carbocycles. The number of benzene rings is 1. The molecule has 0 amide bonds. The van der Waals surface area contributed by atoms with Gasteiger partial charge in [0.15, 0.2) is 5.96 Å². The SMILES string of the molecule is CN=C(NCc1c(C)nn(-c2ccccc2)c1C)NC1CC2CCC1O2. The zero-order chi connectivity index (χ0) is 18.1. The van der Waals surface area contributed by atoms with E-state index in [1.807, 2.05) is 29.9 Å². The van der Waals surface area contributed by atoms with Crippen LogP contribution in [0.3, 0.4) is 0 Å². The fraction of sp³-hybridized carbons (Fsp3) is 0.500. The molecule has 2 saturated heterocycles. The van der Waals surface area contributed by atoms with Crippen LogP contribution in [-0.4, -0.2) is 41.0 Å². The van der Waals surface area contributed by atoms with Crippen molar-refractivity contribution in [3.05, 3.63) is 47.3 Å². The predicted octanol–water partition coefficient (Wildman–Crippen LogP) is 2.47. The maximum Gasteiger partial charge on any atom is 0.191 e. The smallest absolute Gasteiger partial charge is 0.191 e. The molecular weight excluding hydrogens is 326 g/mol. The number of nitrogens with one attached hydrogen (secondary N) is 2. The van der Waals surface area contributed by atoms with Gasteiger partial charge in [-0.25, -0.2) is 4.68 Å². The van der Waals surface area contributed by atoms with Crippen LogP contribution in [-0.2, 0) is 11.3 Å². The fourth-order valence-corrected chi connectivity index (χ4v) is 4.08. The molecule has 1 aromatic carbocycles. The second-order valence-corrected chi connectivity index (χ2v) is 7.18. The molecule has 2 N–H and O–H groups in total. The van der Waals surface area contributed by atoms with E-state index < -0.39 is 0 Å². The van der Waals surface area contributed by atoms with Crippen molar-refractivity contribution in [3.8, 4) is 5.69 Å². The summed E-state index contributed by atoms with van der Waals surface area (Å²) in [5.41, 5.74) is 4.49. The number of aryl methyl sites for hydroxylation is 1. The molecule has 2 aliphatic rings. The zero-order valence-corrected chi connectivity index (χ0v) is 15.7. The van der Waals surface area contributed by atoms with Gasteiger partial charge in [0.1, 0.15) is 0 Å². The van der Waals surface area contributed by atoms with Gasteiger partial charge >= 0.3 is 0 Å². The van der Waals surface area contributed by atoms with Crippen molar-refractivity contribution in [2.24, 2.45) is 4.99 Å². The average Bonchev–Trinajstić information content (AvgIpc) is 3.35. The highest BCUT2D eigenvalue weighted by atomic mass is 16.5. The third kappa shape index (κ3) is 3.21. The molecule has 2 aromatic rings. The molecule has 138 valence electrons. The quantitative estimate of drug-likeness (QED) is 0.655. The van der Waals surface area contributed by atoms with Crippen LogP contribution in [0.1, 0.15) is 36.2 Å². The Morgan fingerprint density at radius 2 is 2.08 bits per heavy atom. The number of para-hydroxylation sites is 1. The molecule has 3 atom stereocenters. The van der Waals surface area contributed by atoms with Crippen molar-refractivity contribution >= 4 is 5.96 Å². The van der Waals surface area contributed by atoms with E-state index in [0.29, 0.717) is 24.8 Å². The Bertz CT molecular complexity index is 798. The molecule has 2 aliphatic heterocycles. The minimum atomic E-state index is 0.336. The zero-order valence-electron chi connectivity index (χ0n) is 15.7. The van der Waals surface area contributed by atoms with Crippen LogP contribution in [0.5, 0.6) is 0 Å². The summed E-state index contributed by atoms with van der Waals surface area (Å²) in [5, 5.41) is 11.7. The summed E-state index contributed by atoms with van der Waals surface area (Å²) < 4.78 is 7.93. The number of fused-ring (bicyclic) bond motifs is 2. The first kappa shape index (κ1) is 17.1. The van der Waals surface area contributed by atoms with E-state index >= 15 is 0 Å². The largest absolute Gasteiger partial charge is 0.373 e. The lowest BCUT2D eigenvalue weighted by molar-refractivity contribution is 0.0992. The molecule has 6 nitrogen and oxygen atoms in total. The lowest BCUT2D eigenvalue weighted by atomic mass is 9.96. The molecule has 0 saturated carbocycles. The molecule has 3 heterocycles. The Kier molecular flexibility index (Phi) is 4.68. The van der Waals surface area contributed by atoms with E-state index in [9.17, 15) is 0 Å². The van der Waals surface area contributed by atoms with E-state index in [2.05, 4.69) is 41.6 Å². The molecule has 4 rings (SSSR count). The van der Waals surface area contributed by atoms with Gasteiger partial charge in [0.05, 0.1) is 29.6 Å². The number of hydrogen-bond acceptors (Lipinski definition) is 3. The third-order valence-corrected chi connectivity index (χ3v) is 5.53. The molecule has 26 heavy (non-hydrogen) atoms. The van der Waals surface area contributed by atoms with Crippen LogP contribution in [0.4, 0.5) is 0 Å². The van der Waals surface area contributed by atoms with Gasteiger partial charge in [-0.15, -0.1) is 0 Å². The minimum absolute atomic E-state index is 0.336. The topological polar surface area (TPSA) is 63.5 Å². The number of nitrogens with zero attached hydrogens (tertiary/aromatic N) is 3. The van der Waals surface area contributed by atoms with Gasteiger partial charge in [-0.1, -0.05) is 18.2 Å². The third-order valence-electron chi connectivity index (χ3n) is 5.53. The van der Waals surface area contributed by atoms with Crippen molar-refractivity contribution < 1.29 is 4.74 Å². The normalized spacial score (nSPS) is 24.9. The standard InChI is InChI=1S/C20H27N5O/c1-13-17(14(2)25(24-13)15-7-5-4-6-8-15)12-22-20(21-3)23-18-11-16-9-10-19(18)26-16/h4-8,16,18-19H,9-12H2,1-3H3,(H2,21,22,23). The monoisotopic (exact) mass is 353 g/mol. The number of rotatable bonds is 4. The Labute approximate surface area is 154 Å². The lowest BCUT2D eigenvalue weighted by Crippen LogP contribution is -2.47. The summed E-state index contributed by atoms with van der Waals surface area (Å²) in [6.07, 6.45) is 4.20. The number of ether oxygens (including phenoxy) is 1. The van der Waals surface area contributed by atoms with Crippen LogP contribution in [0.2, 0.25) is 0 Å². The summed E-state index contributed by atoms with van der Waals surface area (Å²) in [6, 6.07) is 10.6.